The number of amides is 1. The van der Waals surface area contributed by atoms with Gasteiger partial charge < -0.3 is 10.1 Å². The number of methoxy groups -OCH3 is 1. The molecule has 0 spiro atoms. The van der Waals surface area contributed by atoms with Crippen LogP contribution < -0.4 is 5.32 Å². The molecule has 1 N–H and O–H groups in total. The summed E-state index contributed by atoms with van der Waals surface area (Å²) in [6.45, 7) is 5.95. The Morgan fingerprint density at radius 3 is 2.92 bits per heavy atom. The van der Waals surface area contributed by atoms with Crippen molar-refractivity contribution in [2.45, 2.75) is 51.7 Å². The third kappa shape index (κ3) is 3.10. The number of aromatic nitrogens is 1. The number of hydrogen-bond acceptors (Lipinski definition) is 4. The number of nitrogens with zero attached hydrogens (tertiary/aromatic N) is 1. The predicted octanol–water partition coefficient (Wildman–Crippen LogP) is 4.14. The number of carbonyl (C=O) groups is 1. The van der Waals surface area contributed by atoms with Crippen molar-refractivity contribution < 1.29 is 9.53 Å². The lowest BCUT2D eigenvalue weighted by molar-refractivity contribution is 0.0898. The molecule has 0 aliphatic heterocycles. The molecule has 1 aromatic carbocycles. The van der Waals surface area contributed by atoms with Gasteiger partial charge in [0.05, 0.1) is 11.2 Å². The van der Waals surface area contributed by atoms with E-state index in [2.05, 4.69) is 35.4 Å². The van der Waals surface area contributed by atoms with Crippen LogP contribution in [0.15, 0.2) is 24.3 Å². The van der Waals surface area contributed by atoms with E-state index in [0.29, 0.717) is 4.88 Å². The molecule has 2 unspecified atom stereocenters. The van der Waals surface area contributed by atoms with Crippen LogP contribution >= 0.6 is 11.3 Å². The monoisotopic (exact) mass is 344 g/mol. The minimum atomic E-state index is -0.324. The molecule has 0 saturated carbocycles. The van der Waals surface area contributed by atoms with Gasteiger partial charge in [0, 0.05) is 7.11 Å². The quantitative estimate of drug-likeness (QED) is 0.907. The molecular weight excluding hydrogens is 320 g/mol. The van der Waals surface area contributed by atoms with Gasteiger partial charge in [-0.1, -0.05) is 24.3 Å². The number of thiazole rings is 1. The highest BCUT2D eigenvalue weighted by molar-refractivity contribution is 7.13. The summed E-state index contributed by atoms with van der Waals surface area (Å²) in [7, 11) is 1.65. The maximum absolute atomic E-state index is 12.9. The molecule has 128 valence electrons. The second-order valence-corrected chi connectivity index (χ2v) is 7.67. The summed E-state index contributed by atoms with van der Waals surface area (Å²) in [5.74, 6) is -0.0428. The van der Waals surface area contributed by atoms with E-state index in [4.69, 9.17) is 4.74 Å². The van der Waals surface area contributed by atoms with Crippen molar-refractivity contribution in [2.75, 3.05) is 7.11 Å². The lowest BCUT2D eigenvalue weighted by atomic mass is 9.78. The Kier molecular flexibility index (Phi) is 4.74. The van der Waals surface area contributed by atoms with Crippen LogP contribution in [0.25, 0.3) is 0 Å². The van der Waals surface area contributed by atoms with Gasteiger partial charge in [-0.25, -0.2) is 4.98 Å². The number of ether oxygens (including phenoxy) is 1. The first kappa shape index (κ1) is 17.1. The van der Waals surface area contributed by atoms with E-state index in [0.717, 1.165) is 30.0 Å². The molecule has 2 aromatic rings. The van der Waals surface area contributed by atoms with Crippen molar-refractivity contribution in [3.63, 3.8) is 0 Å². The van der Waals surface area contributed by atoms with Crippen molar-refractivity contribution in [1.29, 1.82) is 0 Å². The topological polar surface area (TPSA) is 51.2 Å². The summed E-state index contributed by atoms with van der Waals surface area (Å²) in [6.07, 6.45) is 3.02. The molecular formula is C19H24N2O2S. The summed E-state index contributed by atoms with van der Waals surface area (Å²) in [4.78, 5) is 18.1. The molecule has 0 bridgehead atoms. The maximum atomic E-state index is 12.9. The average molecular weight is 344 g/mol. The Morgan fingerprint density at radius 1 is 1.42 bits per heavy atom. The highest BCUT2D eigenvalue weighted by Gasteiger charge is 2.34. The molecule has 0 radical (unpaired) electrons. The molecule has 1 aliphatic carbocycles. The molecule has 1 aliphatic rings. The third-order valence-electron chi connectivity index (χ3n) is 4.84. The van der Waals surface area contributed by atoms with Crippen LogP contribution in [0.1, 0.15) is 64.3 Å². The van der Waals surface area contributed by atoms with Crippen LogP contribution in [0, 0.1) is 6.92 Å². The Balaban J connectivity index is 1.87. The second kappa shape index (κ2) is 6.65. The Hall–Kier alpha value is -1.72. The van der Waals surface area contributed by atoms with Crippen LogP contribution in [0.2, 0.25) is 0 Å². The molecule has 2 atom stereocenters. The van der Waals surface area contributed by atoms with Crippen molar-refractivity contribution in [2.24, 2.45) is 0 Å². The van der Waals surface area contributed by atoms with Crippen molar-refractivity contribution in [1.82, 2.24) is 10.3 Å². The fourth-order valence-electron chi connectivity index (χ4n) is 3.38. The van der Waals surface area contributed by atoms with E-state index in [1.807, 2.05) is 19.9 Å². The van der Waals surface area contributed by atoms with Crippen LogP contribution in [0.5, 0.6) is 0 Å². The van der Waals surface area contributed by atoms with Gasteiger partial charge in [-0.15, -0.1) is 11.3 Å². The maximum Gasteiger partial charge on any atom is 0.263 e. The third-order valence-corrected chi connectivity index (χ3v) is 6.16. The fraction of sp³-hybridized carbons (Fsp3) is 0.474. The first-order valence-electron chi connectivity index (χ1n) is 8.35. The van der Waals surface area contributed by atoms with E-state index in [9.17, 15) is 4.79 Å². The van der Waals surface area contributed by atoms with Crippen LogP contribution in [-0.2, 0) is 16.7 Å². The number of nitrogens with one attached hydrogen (secondary N) is 1. The van der Waals surface area contributed by atoms with Crippen LogP contribution in [0.3, 0.4) is 0 Å². The van der Waals surface area contributed by atoms with Crippen molar-refractivity contribution in [3.8, 4) is 0 Å². The number of hydrogen-bond donors (Lipinski definition) is 1. The van der Waals surface area contributed by atoms with Gasteiger partial charge in [0.1, 0.15) is 16.0 Å². The van der Waals surface area contributed by atoms with Gasteiger partial charge in [-0.05, 0) is 51.2 Å². The highest BCUT2D eigenvalue weighted by Crippen LogP contribution is 2.35. The molecule has 0 fully saturated rings. The van der Waals surface area contributed by atoms with E-state index < -0.39 is 0 Å². The van der Waals surface area contributed by atoms with Gasteiger partial charge in [-0.2, -0.15) is 0 Å². The second-order valence-electron chi connectivity index (χ2n) is 6.64. The zero-order valence-corrected chi connectivity index (χ0v) is 15.5. The molecule has 5 heteroatoms. The molecule has 3 rings (SSSR count). The van der Waals surface area contributed by atoms with Gasteiger partial charge >= 0.3 is 0 Å². The number of rotatable bonds is 4. The van der Waals surface area contributed by atoms with E-state index in [-0.39, 0.29) is 17.6 Å². The van der Waals surface area contributed by atoms with Gasteiger partial charge in [0.25, 0.3) is 5.91 Å². The summed E-state index contributed by atoms with van der Waals surface area (Å²) in [5.41, 5.74) is 3.01. The number of aryl methyl sites for hydroxylation is 2. The van der Waals surface area contributed by atoms with Gasteiger partial charge in [-0.3, -0.25) is 4.79 Å². The van der Waals surface area contributed by atoms with Crippen molar-refractivity contribution >= 4 is 17.2 Å². The molecule has 1 aromatic heterocycles. The molecule has 24 heavy (non-hydrogen) atoms. The normalized spacial score (nSPS) is 21.2. The summed E-state index contributed by atoms with van der Waals surface area (Å²) in [6, 6.07) is 8.41. The molecule has 0 saturated heterocycles. The zero-order valence-electron chi connectivity index (χ0n) is 14.7. The smallest absolute Gasteiger partial charge is 0.263 e. The average Bonchev–Trinajstić information content (AvgIpc) is 2.96. The summed E-state index contributed by atoms with van der Waals surface area (Å²) < 4.78 is 5.32. The van der Waals surface area contributed by atoms with Crippen LogP contribution in [-0.4, -0.2) is 18.0 Å². The van der Waals surface area contributed by atoms with E-state index in [1.54, 1.807) is 7.11 Å². The van der Waals surface area contributed by atoms with Gasteiger partial charge in [0.2, 0.25) is 0 Å². The van der Waals surface area contributed by atoms with Gasteiger partial charge in [0.15, 0.2) is 0 Å². The molecule has 4 nitrogen and oxygen atoms in total. The Morgan fingerprint density at radius 2 is 2.17 bits per heavy atom. The first-order chi connectivity index (χ1) is 11.4. The number of fused-ring (bicyclic) bond motifs is 1. The van der Waals surface area contributed by atoms with E-state index >= 15 is 0 Å². The number of carbonyl (C=O) groups excluding carboxylic acids is 1. The Bertz CT molecular complexity index is 756. The first-order valence-corrected chi connectivity index (χ1v) is 9.17. The van der Waals surface area contributed by atoms with Crippen LogP contribution in [0.4, 0.5) is 0 Å². The summed E-state index contributed by atoms with van der Waals surface area (Å²) in [5, 5.41) is 4.11. The van der Waals surface area contributed by atoms with Crippen molar-refractivity contribution in [3.05, 3.63) is 51.0 Å². The van der Waals surface area contributed by atoms with E-state index in [1.165, 1.54) is 22.5 Å². The standard InChI is InChI=1S/C19H24N2O2S/c1-12-16(24-18(20-12)13(2)23-4)17(22)21-19(3)11-7-9-14-8-5-6-10-15(14)19/h5-6,8,10,13H,7,9,11H2,1-4H3,(H,21,22). The minimum Gasteiger partial charge on any atom is -0.375 e. The molecule has 1 heterocycles. The highest BCUT2D eigenvalue weighted by atomic mass is 32.1. The minimum absolute atomic E-state index is 0.0428. The largest absolute Gasteiger partial charge is 0.375 e. The fourth-order valence-corrected chi connectivity index (χ4v) is 4.37. The molecule has 1 amide bonds. The lowest BCUT2D eigenvalue weighted by Gasteiger charge is -2.36. The zero-order chi connectivity index (χ0) is 17.3. The predicted molar refractivity (Wildman–Crippen MR) is 96.5 cm³/mol. The summed E-state index contributed by atoms with van der Waals surface area (Å²) >= 11 is 1.42. The lowest BCUT2D eigenvalue weighted by Crippen LogP contribution is -2.45. The SMILES string of the molecule is COC(C)c1nc(C)c(C(=O)NC2(C)CCCc3ccccc32)s1. The number of benzene rings is 1. The Labute approximate surface area is 147 Å².